The summed E-state index contributed by atoms with van der Waals surface area (Å²) in [5.74, 6) is -0.110. The predicted octanol–water partition coefficient (Wildman–Crippen LogP) is 3.17. The minimum atomic E-state index is -0.234. The molecular formula is C14H12BrN3O2S. The maximum atomic E-state index is 12.1. The van der Waals surface area contributed by atoms with E-state index in [1.165, 1.54) is 11.3 Å². The molecule has 0 aliphatic heterocycles. The van der Waals surface area contributed by atoms with Crippen molar-refractivity contribution in [1.29, 1.82) is 0 Å². The van der Waals surface area contributed by atoms with E-state index in [9.17, 15) is 9.59 Å². The summed E-state index contributed by atoms with van der Waals surface area (Å²) in [6, 6.07) is 9.06. The van der Waals surface area contributed by atoms with E-state index in [-0.39, 0.29) is 17.6 Å². The third kappa shape index (κ3) is 2.93. The van der Waals surface area contributed by atoms with Crippen LogP contribution < -0.4 is 11.0 Å². The zero-order chi connectivity index (χ0) is 15.0. The number of nitrogens with one attached hydrogen (secondary N) is 3. The summed E-state index contributed by atoms with van der Waals surface area (Å²) in [7, 11) is 0. The van der Waals surface area contributed by atoms with Gasteiger partial charge in [-0.15, -0.1) is 11.3 Å². The number of hydrogen-bond acceptors (Lipinski definition) is 3. The van der Waals surface area contributed by atoms with Gasteiger partial charge in [-0.05, 0) is 52.7 Å². The molecule has 7 heteroatoms. The van der Waals surface area contributed by atoms with Crippen molar-refractivity contribution in [2.45, 2.75) is 13.0 Å². The van der Waals surface area contributed by atoms with E-state index >= 15 is 0 Å². The molecule has 5 nitrogen and oxygen atoms in total. The van der Waals surface area contributed by atoms with Crippen LogP contribution in [0.4, 0.5) is 0 Å². The van der Waals surface area contributed by atoms with Gasteiger partial charge in [0.2, 0.25) is 0 Å². The molecule has 108 valence electrons. The van der Waals surface area contributed by atoms with Crippen molar-refractivity contribution >= 4 is 44.2 Å². The highest BCUT2D eigenvalue weighted by Crippen LogP contribution is 2.23. The molecule has 0 saturated carbocycles. The topological polar surface area (TPSA) is 77.8 Å². The fourth-order valence-corrected chi connectivity index (χ4v) is 3.40. The molecule has 2 heterocycles. The summed E-state index contributed by atoms with van der Waals surface area (Å²) in [6.45, 7) is 1.91. The lowest BCUT2D eigenvalue weighted by Crippen LogP contribution is -2.25. The van der Waals surface area contributed by atoms with Crippen LogP contribution in [0.3, 0.4) is 0 Å². The number of aromatic nitrogens is 2. The van der Waals surface area contributed by atoms with Crippen molar-refractivity contribution in [3.05, 3.63) is 55.0 Å². The van der Waals surface area contributed by atoms with Crippen molar-refractivity contribution in [3.63, 3.8) is 0 Å². The van der Waals surface area contributed by atoms with Crippen molar-refractivity contribution in [3.8, 4) is 0 Å². The second-order valence-corrected chi connectivity index (χ2v) is 7.15. The first-order valence-electron chi connectivity index (χ1n) is 6.31. The second-order valence-electron chi connectivity index (χ2n) is 4.68. The molecule has 3 rings (SSSR count). The number of aromatic amines is 2. The summed E-state index contributed by atoms with van der Waals surface area (Å²) in [4.78, 5) is 29.4. The lowest BCUT2D eigenvalue weighted by molar-refractivity contribution is 0.0944. The van der Waals surface area contributed by atoms with Crippen LogP contribution in [-0.2, 0) is 0 Å². The monoisotopic (exact) mass is 365 g/mol. The van der Waals surface area contributed by atoms with E-state index in [2.05, 4.69) is 31.2 Å². The first-order valence-corrected chi connectivity index (χ1v) is 7.92. The predicted molar refractivity (Wildman–Crippen MR) is 86.8 cm³/mol. The number of benzene rings is 1. The highest BCUT2D eigenvalue weighted by Gasteiger charge is 2.14. The summed E-state index contributed by atoms with van der Waals surface area (Å²) < 4.78 is 0.923. The van der Waals surface area contributed by atoms with Crippen LogP contribution in [0.2, 0.25) is 0 Å². The Kier molecular flexibility index (Phi) is 3.69. The quantitative estimate of drug-likeness (QED) is 0.666. The molecule has 0 unspecified atom stereocenters. The van der Waals surface area contributed by atoms with Gasteiger partial charge in [-0.3, -0.25) is 4.79 Å². The number of carbonyl (C=O) groups excluding carboxylic acids is 1. The Hall–Kier alpha value is -1.86. The van der Waals surface area contributed by atoms with E-state index in [4.69, 9.17) is 0 Å². The lowest BCUT2D eigenvalue weighted by Gasteiger charge is -2.13. The largest absolute Gasteiger partial charge is 0.345 e. The lowest BCUT2D eigenvalue weighted by atomic mass is 10.1. The van der Waals surface area contributed by atoms with Crippen LogP contribution in [0.25, 0.3) is 11.0 Å². The van der Waals surface area contributed by atoms with E-state index in [0.717, 1.165) is 20.4 Å². The number of thiophene rings is 1. The maximum Gasteiger partial charge on any atom is 0.323 e. The SMILES string of the molecule is C[C@@H](NC(=O)c1ccc(Br)s1)c1ccc2[nH]c(=O)[nH]c2c1. The zero-order valence-electron chi connectivity index (χ0n) is 11.1. The van der Waals surface area contributed by atoms with Crippen LogP contribution in [0, 0.1) is 0 Å². The van der Waals surface area contributed by atoms with Crippen molar-refractivity contribution in [1.82, 2.24) is 15.3 Å². The standard InChI is InChI=1S/C14H12BrN3O2S/c1-7(16-13(19)11-4-5-12(15)21-11)8-2-3-9-10(6-8)18-14(20)17-9/h2-7H,1H3,(H,16,19)(H2,17,18,20)/t7-/m1/s1. The van der Waals surface area contributed by atoms with Crippen molar-refractivity contribution < 1.29 is 4.79 Å². The van der Waals surface area contributed by atoms with E-state index in [0.29, 0.717) is 4.88 Å². The number of carbonyl (C=O) groups is 1. The van der Waals surface area contributed by atoms with Crippen LogP contribution in [0.15, 0.2) is 38.9 Å². The molecule has 0 fully saturated rings. The average molecular weight is 366 g/mol. The highest BCUT2D eigenvalue weighted by molar-refractivity contribution is 9.11. The van der Waals surface area contributed by atoms with Crippen LogP contribution in [-0.4, -0.2) is 15.9 Å². The van der Waals surface area contributed by atoms with E-state index < -0.39 is 0 Å². The minimum absolute atomic E-state index is 0.110. The number of halogens is 1. The highest BCUT2D eigenvalue weighted by atomic mass is 79.9. The van der Waals surface area contributed by atoms with Gasteiger partial charge in [-0.2, -0.15) is 0 Å². The van der Waals surface area contributed by atoms with Gasteiger partial charge in [0.15, 0.2) is 0 Å². The molecule has 0 saturated heterocycles. The summed E-state index contributed by atoms with van der Waals surface area (Å²) in [5.41, 5.74) is 2.19. The summed E-state index contributed by atoms with van der Waals surface area (Å²) in [5, 5.41) is 2.95. The number of rotatable bonds is 3. The van der Waals surface area contributed by atoms with E-state index in [1.807, 2.05) is 31.2 Å². The fraction of sp³-hybridized carbons (Fsp3) is 0.143. The van der Waals surface area contributed by atoms with Gasteiger partial charge in [-0.1, -0.05) is 6.07 Å². The van der Waals surface area contributed by atoms with Crippen molar-refractivity contribution in [2.24, 2.45) is 0 Å². The van der Waals surface area contributed by atoms with E-state index in [1.54, 1.807) is 6.07 Å². The third-order valence-corrected chi connectivity index (χ3v) is 4.81. The van der Waals surface area contributed by atoms with Gasteiger partial charge in [0.1, 0.15) is 0 Å². The second kappa shape index (κ2) is 5.50. The minimum Gasteiger partial charge on any atom is -0.345 e. The molecule has 1 atom stereocenters. The fourth-order valence-electron chi connectivity index (χ4n) is 2.11. The van der Waals surface area contributed by atoms with Gasteiger partial charge < -0.3 is 15.3 Å². The molecule has 0 spiro atoms. The van der Waals surface area contributed by atoms with Crippen LogP contribution in [0.1, 0.15) is 28.2 Å². The Morgan fingerprint density at radius 3 is 2.71 bits per heavy atom. The number of H-pyrrole nitrogens is 2. The molecule has 2 aromatic heterocycles. The zero-order valence-corrected chi connectivity index (χ0v) is 13.5. The smallest absolute Gasteiger partial charge is 0.323 e. The Morgan fingerprint density at radius 1 is 1.24 bits per heavy atom. The number of hydrogen-bond donors (Lipinski definition) is 3. The number of fused-ring (bicyclic) bond motifs is 1. The van der Waals surface area contributed by atoms with Crippen LogP contribution >= 0.6 is 27.3 Å². The van der Waals surface area contributed by atoms with Gasteiger partial charge in [0.05, 0.1) is 25.7 Å². The molecule has 3 aromatic rings. The normalized spacial score (nSPS) is 12.5. The molecule has 3 N–H and O–H groups in total. The third-order valence-electron chi connectivity index (χ3n) is 3.18. The molecule has 21 heavy (non-hydrogen) atoms. The molecule has 0 radical (unpaired) electrons. The Labute approximate surface area is 132 Å². The van der Waals surface area contributed by atoms with Gasteiger partial charge >= 0.3 is 5.69 Å². The van der Waals surface area contributed by atoms with Gasteiger partial charge in [-0.25, -0.2) is 4.79 Å². The molecule has 0 aliphatic carbocycles. The molecular weight excluding hydrogens is 354 g/mol. The average Bonchev–Trinajstić information content (AvgIpc) is 3.02. The summed E-state index contributed by atoms with van der Waals surface area (Å²) in [6.07, 6.45) is 0. The molecule has 1 amide bonds. The van der Waals surface area contributed by atoms with Gasteiger partial charge in [0, 0.05) is 0 Å². The number of imidazole rings is 1. The maximum absolute atomic E-state index is 12.1. The summed E-state index contributed by atoms with van der Waals surface area (Å²) >= 11 is 4.73. The number of amides is 1. The van der Waals surface area contributed by atoms with Crippen molar-refractivity contribution in [2.75, 3.05) is 0 Å². The first kappa shape index (κ1) is 14.1. The Morgan fingerprint density at radius 2 is 2.00 bits per heavy atom. The first-order chi connectivity index (χ1) is 10.0. The Bertz CT molecular complexity index is 864. The molecule has 1 aromatic carbocycles. The van der Waals surface area contributed by atoms with Gasteiger partial charge in [0.25, 0.3) is 5.91 Å². The Balaban J connectivity index is 1.81. The molecule has 0 bridgehead atoms. The van der Waals surface area contributed by atoms with Crippen LogP contribution in [0.5, 0.6) is 0 Å². The molecule has 0 aliphatic rings.